The summed E-state index contributed by atoms with van der Waals surface area (Å²) in [5.41, 5.74) is 16.3. The molecule has 0 unspecified atom stereocenters. The molecule has 4 nitrogen and oxygen atoms in total. The minimum Gasteiger partial charge on any atom is -0.455 e. The molecule has 59 heavy (non-hydrogen) atoms. The van der Waals surface area contributed by atoms with Crippen LogP contribution in [0, 0.1) is 6.92 Å². The highest BCUT2D eigenvalue weighted by Gasteiger charge is 2.20. The van der Waals surface area contributed by atoms with Crippen LogP contribution in [0.15, 0.2) is 197 Å². The van der Waals surface area contributed by atoms with Crippen molar-refractivity contribution in [1.82, 2.24) is 9.13 Å². The SMILES string of the molecule is Cc1cc(-n2c3ccccc3c3cc(-c4cccc5c4oc4ccccc45)ccc32)ccc1-n1c2ccccc2c2cc(-c3cccc4c3oc3ccccc34)ccc21. The molecule has 4 heteroatoms. The second-order valence-corrected chi connectivity index (χ2v) is 15.7. The fourth-order valence-electron chi connectivity index (χ4n) is 9.80. The lowest BCUT2D eigenvalue weighted by Gasteiger charge is -2.15. The lowest BCUT2D eigenvalue weighted by atomic mass is 10.0. The zero-order valence-corrected chi connectivity index (χ0v) is 32.1. The van der Waals surface area contributed by atoms with Gasteiger partial charge in [-0.3, -0.25) is 0 Å². The fourth-order valence-corrected chi connectivity index (χ4v) is 9.80. The van der Waals surface area contributed by atoms with Crippen molar-refractivity contribution in [2.75, 3.05) is 0 Å². The van der Waals surface area contributed by atoms with Crippen LogP contribution in [0.1, 0.15) is 5.56 Å². The average molecular weight is 755 g/mol. The molecular weight excluding hydrogens is 721 g/mol. The van der Waals surface area contributed by atoms with Gasteiger partial charge in [0.1, 0.15) is 22.3 Å². The van der Waals surface area contributed by atoms with Gasteiger partial charge >= 0.3 is 0 Å². The van der Waals surface area contributed by atoms with Gasteiger partial charge in [0, 0.05) is 65.6 Å². The van der Waals surface area contributed by atoms with Crippen LogP contribution in [0.2, 0.25) is 0 Å². The molecule has 0 aliphatic heterocycles. The van der Waals surface area contributed by atoms with E-state index in [1.807, 2.05) is 24.3 Å². The number of fused-ring (bicyclic) bond motifs is 12. The maximum Gasteiger partial charge on any atom is 0.143 e. The van der Waals surface area contributed by atoms with E-state index < -0.39 is 0 Å². The van der Waals surface area contributed by atoms with E-state index in [0.29, 0.717) is 0 Å². The Kier molecular flexibility index (Phi) is 6.62. The summed E-state index contributed by atoms with van der Waals surface area (Å²) in [5, 5.41) is 9.43. The molecule has 0 aliphatic carbocycles. The Morgan fingerprint density at radius 2 is 0.797 bits per heavy atom. The first-order valence-corrected chi connectivity index (χ1v) is 20.2. The zero-order valence-electron chi connectivity index (χ0n) is 32.1. The normalized spacial score (nSPS) is 12.2. The predicted octanol–water partition coefficient (Wildman–Crippen LogP) is 15.3. The molecule has 13 rings (SSSR count). The third-order valence-electron chi connectivity index (χ3n) is 12.5. The molecule has 0 amide bonds. The summed E-state index contributed by atoms with van der Waals surface area (Å²) in [4.78, 5) is 0. The van der Waals surface area contributed by atoms with Crippen LogP contribution in [0.4, 0.5) is 0 Å². The molecule has 13 aromatic rings. The first-order chi connectivity index (χ1) is 29.2. The molecule has 4 aromatic heterocycles. The summed E-state index contributed by atoms with van der Waals surface area (Å²) >= 11 is 0. The molecular formula is C55H34N2O2. The third kappa shape index (κ3) is 4.60. The topological polar surface area (TPSA) is 36.1 Å². The number of para-hydroxylation sites is 6. The van der Waals surface area contributed by atoms with Crippen LogP contribution in [-0.2, 0) is 0 Å². The van der Waals surface area contributed by atoms with Gasteiger partial charge in [-0.15, -0.1) is 0 Å². The summed E-state index contributed by atoms with van der Waals surface area (Å²) in [5.74, 6) is 0. The van der Waals surface area contributed by atoms with Crippen LogP contribution in [0.25, 0.3) is 121 Å². The van der Waals surface area contributed by atoms with Gasteiger partial charge in [-0.05, 0) is 90.3 Å². The Hall–Kier alpha value is -7.82. The summed E-state index contributed by atoms with van der Waals surface area (Å²) in [6.45, 7) is 2.23. The molecule has 4 heterocycles. The second-order valence-electron chi connectivity index (χ2n) is 15.7. The molecule has 0 fully saturated rings. The van der Waals surface area contributed by atoms with Gasteiger partial charge in [0.05, 0.1) is 22.1 Å². The van der Waals surface area contributed by atoms with Gasteiger partial charge in [0.15, 0.2) is 0 Å². The van der Waals surface area contributed by atoms with E-state index in [1.165, 1.54) is 49.2 Å². The van der Waals surface area contributed by atoms with E-state index in [-0.39, 0.29) is 0 Å². The summed E-state index contributed by atoms with van der Waals surface area (Å²) in [6.07, 6.45) is 0. The smallest absolute Gasteiger partial charge is 0.143 e. The van der Waals surface area contributed by atoms with Crippen LogP contribution in [0.3, 0.4) is 0 Å². The number of aromatic nitrogens is 2. The Balaban J connectivity index is 0.951. The first kappa shape index (κ1) is 32.3. The Labute approximate surface area is 338 Å². The van der Waals surface area contributed by atoms with Gasteiger partial charge in [-0.1, -0.05) is 121 Å². The van der Waals surface area contributed by atoms with E-state index in [0.717, 1.165) is 77.5 Å². The largest absolute Gasteiger partial charge is 0.455 e. The van der Waals surface area contributed by atoms with Crippen LogP contribution >= 0.6 is 0 Å². The maximum absolute atomic E-state index is 6.46. The highest BCUT2D eigenvalue weighted by atomic mass is 16.3. The minimum absolute atomic E-state index is 0.911. The van der Waals surface area contributed by atoms with Crippen molar-refractivity contribution in [3.8, 4) is 33.6 Å². The second kappa shape index (κ2) is 12.1. The molecule has 0 saturated carbocycles. The predicted molar refractivity (Wildman–Crippen MR) is 245 cm³/mol. The molecule has 0 aliphatic rings. The van der Waals surface area contributed by atoms with Gasteiger partial charge in [0.25, 0.3) is 0 Å². The van der Waals surface area contributed by atoms with Crippen molar-refractivity contribution in [2.45, 2.75) is 6.92 Å². The highest BCUT2D eigenvalue weighted by Crippen LogP contribution is 2.42. The van der Waals surface area contributed by atoms with E-state index in [2.05, 4.69) is 180 Å². The number of nitrogens with zero attached hydrogens (tertiary/aromatic N) is 2. The molecule has 9 aromatic carbocycles. The lowest BCUT2D eigenvalue weighted by Crippen LogP contribution is -2.00. The van der Waals surface area contributed by atoms with Crippen molar-refractivity contribution >= 4 is 87.5 Å². The Morgan fingerprint density at radius 3 is 1.36 bits per heavy atom. The van der Waals surface area contributed by atoms with Crippen molar-refractivity contribution in [2.24, 2.45) is 0 Å². The quantitative estimate of drug-likeness (QED) is 0.179. The monoisotopic (exact) mass is 754 g/mol. The molecule has 0 atom stereocenters. The summed E-state index contributed by atoms with van der Waals surface area (Å²) in [6, 6.07) is 67.6. The van der Waals surface area contributed by atoms with Crippen LogP contribution in [0.5, 0.6) is 0 Å². The van der Waals surface area contributed by atoms with E-state index in [4.69, 9.17) is 8.83 Å². The van der Waals surface area contributed by atoms with Crippen molar-refractivity contribution in [3.05, 3.63) is 194 Å². The average Bonchev–Trinajstić information content (AvgIpc) is 4.04. The third-order valence-corrected chi connectivity index (χ3v) is 12.5. The molecule has 0 N–H and O–H groups in total. The van der Waals surface area contributed by atoms with Crippen molar-refractivity contribution < 1.29 is 8.83 Å². The maximum atomic E-state index is 6.46. The summed E-state index contributed by atoms with van der Waals surface area (Å²) < 4.78 is 17.8. The number of rotatable bonds is 4. The molecule has 276 valence electrons. The van der Waals surface area contributed by atoms with Crippen LogP contribution < -0.4 is 0 Å². The Morgan fingerprint density at radius 1 is 0.339 bits per heavy atom. The highest BCUT2D eigenvalue weighted by molar-refractivity contribution is 6.15. The van der Waals surface area contributed by atoms with E-state index in [1.54, 1.807) is 0 Å². The number of benzene rings is 9. The van der Waals surface area contributed by atoms with E-state index in [9.17, 15) is 0 Å². The van der Waals surface area contributed by atoms with E-state index >= 15 is 0 Å². The van der Waals surface area contributed by atoms with Crippen molar-refractivity contribution in [3.63, 3.8) is 0 Å². The number of hydrogen-bond donors (Lipinski definition) is 0. The fraction of sp³-hybridized carbons (Fsp3) is 0.0182. The standard InChI is InChI=1S/C55H34N2O2/c1-33-30-36(56-48-20-6-2-12-39(48)45-31-34(24-27-50(45)56)37-16-10-18-43-41-14-4-8-22-52(41)58-54(37)43)26-29-47(33)57-49-21-7-3-13-40(49)46-32-35(25-28-51(46)57)38-17-11-19-44-42-15-5-9-23-53(42)59-55(38)44/h2-32H,1H3. The zero-order chi connectivity index (χ0) is 38.8. The molecule has 0 saturated heterocycles. The molecule has 0 spiro atoms. The Bertz CT molecular complexity index is 3870. The van der Waals surface area contributed by atoms with Gasteiger partial charge in [-0.25, -0.2) is 0 Å². The minimum atomic E-state index is 0.911. The van der Waals surface area contributed by atoms with Crippen molar-refractivity contribution in [1.29, 1.82) is 0 Å². The first-order valence-electron chi connectivity index (χ1n) is 20.2. The van der Waals surface area contributed by atoms with Gasteiger partial charge in [-0.2, -0.15) is 0 Å². The van der Waals surface area contributed by atoms with Gasteiger partial charge < -0.3 is 18.0 Å². The number of aryl methyl sites for hydroxylation is 1. The van der Waals surface area contributed by atoms with Gasteiger partial charge in [0.2, 0.25) is 0 Å². The lowest BCUT2D eigenvalue weighted by molar-refractivity contribution is 0.669. The number of hydrogen-bond acceptors (Lipinski definition) is 2. The van der Waals surface area contributed by atoms with Crippen LogP contribution in [-0.4, -0.2) is 9.13 Å². The summed E-state index contributed by atoms with van der Waals surface area (Å²) in [7, 11) is 0. The molecule has 0 radical (unpaired) electrons. The number of furan rings is 2. The molecule has 0 bridgehead atoms.